The maximum absolute atomic E-state index is 5.61. The number of rotatable bonds is 4. The largest absolute Gasteiger partial charge is 0.375 e. The summed E-state index contributed by atoms with van der Waals surface area (Å²) in [5, 5.41) is 7.15. The second-order valence-electron chi connectivity index (χ2n) is 3.67. The minimum Gasteiger partial charge on any atom is -0.375 e. The smallest absolute Gasteiger partial charge is 0.180 e. The molecule has 0 aliphatic rings. The van der Waals surface area contributed by atoms with Crippen LogP contribution in [-0.4, -0.2) is 14.8 Å². The van der Waals surface area contributed by atoms with Crippen molar-refractivity contribution in [2.75, 3.05) is 5.73 Å². The van der Waals surface area contributed by atoms with E-state index >= 15 is 0 Å². The van der Waals surface area contributed by atoms with Crippen molar-refractivity contribution in [3.05, 3.63) is 28.5 Å². The molecule has 86 valence electrons. The molecule has 0 bridgehead atoms. The molecule has 0 atom stereocenters. The molecule has 16 heavy (non-hydrogen) atoms. The Bertz CT molecular complexity index is 472. The summed E-state index contributed by atoms with van der Waals surface area (Å²) in [5.74, 6) is 0. The quantitative estimate of drug-likeness (QED) is 0.884. The summed E-state index contributed by atoms with van der Waals surface area (Å²) in [6, 6.07) is 2.16. The molecule has 2 N–H and O–H groups in total. The van der Waals surface area contributed by atoms with Crippen molar-refractivity contribution in [3.8, 4) is 0 Å². The summed E-state index contributed by atoms with van der Waals surface area (Å²) < 4.78 is 2.02. The summed E-state index contributed by atoms with van der Waals surface area (Å²) in [7, 11) is 0. The van der Waals surface area contributed by atoms with Crippen molar-refractivity contribution in [2.24, 2.45) is 0 Å². The lowest BCUT2D eigenvalue weighted by Gasteiger charge is -2.02. The second-order valence-corrected chi connectivity index (χ2v) is 4.56. The average molecular weight is 236 g/mol. The van der Waals surface area contributed by atoms with Crippen LogP contribution in [0.4, 0.5) is 5.13 Å². The first kappa shape index (κ1) is 11.1. The highest BCUT2D eigenvalue weighted by Crippen LogP contribution is 2.14. The Labute approximate surface area is 99.1 Å². The highest BCUT2D eigenvalue weighted by Gasteiger charge is 2.07. The standard InChI is InChI=1S/C11H16N4S/c1-3-8-5-10(4-2)15(14-8)6-9-7-16-11(12)13-9/h5,7H,3-4,6H2,1-2H3,(H2,12,13). The van der Waals surface area contributed by atoms with Gasteiger partial charge in [0.2, 0.25) is 0 Å². The normalized spacial score (nSPS) is 10.9. The number of anilines is 1. The van der Waals surface area contributed by atoms with E-state index in [1.807, 2.05) is 10.1 Å². The molecule has 0 amide bonds. The summed E-state index contributed by atoms with van der Waals surface area (Å²) in [6.07, 6.45) is 1.96. The Hall–Kier alpha value is -1.36. The summed E-state index contributed by atoms with van der Waals surface area (Å²) >= 11 is 1.48. The van der Waals surface area contributed by atoms with E-state index in [0.717, 1.165) is 30.8 Å². The second kappa shape index (κ2) is 4.65. The number of nitrogen functional groups attached to an aromatic ring is 1. The van der Waals surface area contributed by atoms with Crippen LogP contribution in [0, 0.1) is 0 Å². The number of hydrogen-bond donors (Lipinski definition) is 1. The molecule has 4 nitrogen and oxygen atoms in total. The van der Waals surface area contributed by atoms with E-state index in [-0.39, 0.29) is 0 Å². The fraction of sp³-hybridized carbons (Fsp3) is 0.455. The molecule has 0 aliphatic heterocycles. The lowest BCUT2D eigenvalue weighted by atomic mass is 10.2. The van der Waals surface area contributed by atoms with Gasteiger partial charge < -0.3 is 5.73 Å². The summed E-state index contributed by atoms with van der Waals surface area (Å²) in [6.45, 7) is 4.98. The molecule has 0 radical (unpaired) electrons. The Morgan fingerprint density at radius 2 is 2.12 bits per heavy atom. The molecular formula is C11H16N4S. The van der Waals surface area contributed by atoms with Crippen molar-refractivity contribution >= 4 is 16.5 Å². The Morgan fingerprint density at radius 1 is 1.31 bits per heavy atom. The first-order valence-electron chi connectivity index (χ1n) is 5.48. The zero-order valence-corrected chi connectivity index (χ0v) is 10.4. The lowest BCUT2D eigenvalue weighted by Crippen LogP contribution is -2.06. The van der Waals surface area contributed by atoms with Gasteiger partial charge in [0.15, 0.2) is 5.13 Å². The molecule has 0 fully saturated rings. The van der Waals surface area contributed by atoms with Crippen LogP contribution >= 0.6 is 11.3 Å². The van der Waals surface area contributed by atoms with Crippen LogP contribution in [0.1, 0.15) is 30.9 Å². The van der Waals surface area contributed by atoms with Crippen LogP contribution in [0.2, 0.25) is 0 Å². The van der Waals surface area contributed by atoms with Gasteiger partial charge in [0.1, 0.15) is 0 Å². The van der Waals surface area contributed by atoms with E-state index in [2.05, 4.69) is 30.0 Å². The van der Waals surface area contributed by atoms with E-state index in [4.69, 9.17) is 5.73 Å². The summed E-state index contributed by atoms with van der Waals surface area (Å²) in [4.78, 5) is 4.25. The minimum atomic E-state index is 0.621. The van der Waals surface area contributed by atoms with Gasteiger partial charge in [0, 0.05) is 11.1 Å². The van der Waals surface area contributed by atoms with Gasteiger partial charge >= 0.3 is 0 Å². The third-order valence-electron chi connectivity index (χ3n) is 2.52. The molecule has 0 spiro atoms. The van der Waals surface area contributed by atoms with Gasteiger partial charge in [-0.2, -0.15) is 5.10 Å². The third kappa shape index (κ3) is 2.24. The van der Waals surface area contributed by atoms with Crippen molar-refractivity contribution in [3.63, 3.8) is 0 Å². The number of thiazole rings is 1. The lowest BCUT2D eigenvalue weighted by molar-refractivity contribution is 0.632. The SMILES string of the molecule is CCc1cc(CC)n(Cc2csc(N)n2)n1. The number of nitrogens with zero attached hydrogens (tertiary/aromatic N) is 3. The number of aromatic nitrogens is 3. The highest BCUT2D eigenvalue weighted by molar-refractivity contribution is 7.13. The Kier molecular flexibility index (Phi) is 3.24. The van der Waals surface area contributed by atoms with Crippen LogP contribution in [0.3, 0.4) is 0 Å². The van der Waals surface area contributed by atoms with Gasteiger partial charge in [-0.25, -0.2) is 4.98 Å². The summed E-state index contributed by atoms with van der Waals surface area (Å²) in [5.41, 5.74) is 8.99. The monoisotopic (exact) mass is 236 g/mol. The zero-order valence-electron chi connectivity index (χ0n) is 9.60. The third-order valence-corrected chi connectivity index (χ3v) is 3.24. The van der Waals surface area contributed by atoms with Gasteiger partial charge in [0.05, 0.1) is 17.9 Å². The average Bonchev–Trinajstić information content (AvgIpc) is 2.85. The van der Waals surface area contributed by atoms with Crippen molar-refractivity contribution in [2.45, 2.75) is 33.2 Å². The zero-order chi connectivity index (χ0) is 11.5. The molecular weight excluding hydrogens is 220 g/mol. The van der Waals surface area contributed by atoms with Gasteiger partial charge in [-0.05, 0) is 18.9 Å². The predicted octanol–water partition coefficient (Wildman–Crippen LogP) is 2.09. The van der Waals surface area contributed by atoms with Crippen LogP contribution in [0.25, 0.3) is 0 Å². The topological polar surface area (TPSA) is 56.7 Å². The maximum Gasteiger partial charge on any atom is 0.180 e. The molecule has 2 aromatic heterocycles. The molecule has 2 rings (SSSR count). The molecule has 0 saturated carbocycles. The minimum absolute atomic E-state index is 0.621. The molecule has 0 saturated heterocycles. The molecule has 5 heteroatoms. The van der Waals surface area contributed by atoms with Crippen LogP contribution in [0.15, 0.2) is 11.4 Å². The molecule has 2 heterocycles. The Balaban J connectivity index is 2.22. The predicted molar refractivity (Wildman–Crippen MR) is 66.6 cm³/mol. The molecule has 2 aromatic rings. The first-order chi connectivity index (χ1) is 7.72. The molecule has 0 aliphatic carbocycles. The molecule has 0 aromatic carbocycles. The van der Waals surface area contributed by atoms with Gasteiger partial charge in [-0.3, -0.25) is 4.68 Å². The number of nitrogens with two attached hydrogens (primary N) is 1. The van der Waals surface area contributed by atoms with Crippen molar-refractivity contribution < 1.29 is 0 Å². The Morgan fingerprint density at radius 3 is 2.69 bits per heavy atom. The first-order valence-corrected chi connectivity index (χ1v) is 6.36. The van der Waals surface area contributed by atoms with E-state index in [0.29, 0.717) is 5.13 Å². The van der Waals surface area contributed by atoms with E-state index < -0.39 is 0 Å². The van der Waals surface area contributed by atoms with E-state index in [9.17, 15) is 0 Å². The van der Waals surface area contributed by atoms with E-state index in [1.54, 1.807) is 0 Å². The number of hydrogen-bond acceptors (Lipinski definition) is 4. The van der Waals surface area contributed by atoms with Crippen LogP contribution in [0.5, 0.6) is 0 Å². The van der Waals surface area contributed by atoms with Gasteiger partial charge in [-0.15, -0.1) is 11.3 Å². The highest BCUT2D eigenvalue weighted by atomic mass is 32.1. The van der Waals surface area contributed by atoms with Crippen molar-refractivity contribution in [1.29, 1.82) is 0 Å². The van der Waals surface area contributed by atoms with E-state index in [1.165, 1.54) is 17.0 Å². The van der Waals surface area contributed by atoms with Gasteiger partial charge in [0.25, 0.3) is 0 Å². The maximum atomic E-state index is 5.61. The van der Waals surface area contributed by atoms with Gasteiger partial charge in [-0.1, -0.05) is 13.8 Å². The number of aryl methyl sites for hydroxylation is 2. The van der Waals surface area contributed by atoms with Crippen LogP contribution < -0.4 is 5.73 Å². The van der Waals surface area contributed by atoms with Crippen molar-refractivity contribution in [1.82, 2.24) is 14.8 Å². The molecule has 0 unspecified atom stereocenters. The fourth-order valence-corrected chi connectivity index (χ4v) is 2.21. The van der Waals surface area contributed by atoms with Crippen LogP contribution in [-0.2, 0) is 19.4 Å². The fourth-order valence-electron chi connectivity index (χ4n) is 1.66.